The van der Waals surface area contributed by atoms with Gasteiger partial charge in [-0.1, -0.05) is 6.07 Å². The summed E-state index contributed by atoms with van der Waals surface area (Å²) in [5, 5.41) is 15.7. The van der Waals surface area contributed by atoms with Gasteiger partial charge in [0, 0.05) is 43.6 Å². The Kier molecular flexibility index (Phi) is 4.39. The predicted molar refractivity (Wildman–Crippen MR) is 101 cm³/mol. The third kappa shape index (κ3) is 3.19. The lowest BCUT2D eigenvalue weighted by Crippen LogP contribution is -2.30. The van der Waals surface area contributed by atoms with Crippen molar-refractivity contribution in [3.05, 3.63) is 53.1 Å². The summed E-state index contributed by atoms with van der Waals surface area (Å²) < 4.78 is 1.71. The molecule has 27 heavy (non-hydrogen) atoms. The first kappa shape index (κ1) is 17.6. The van der Waals surface area contributed by atoms with Crippen LogP contribution < -0.4 is 0 Å². The van der Waals surface area contributed by atoms with Gasteiger partial charge >= 0.3 is 0 Å². The lowest BCUT2D eigenvalue weighted by Gasteiger charge is -2.17. The molecule has 4 heterocycles. The van der Waals surface area contributed by atoms with Crippen LogP contribution >= 0.6 is 0 Å². The molecule has 0 saturated carbocycles. The molecule has 0 radical (unpaired) electrons. The minimum absolute atomic E-state index is 0.0164. The van der Waals surface area contributed by atoms with Crippen LogP contribution in [0.5, 0.6) is 0 Å². The van der Waals surface area contributed by atoms with Crippen molar-refractivity contribution >= 4 is 16.9 Å². The number of carbonyl (C=O) groups is 1. The minimum Gasteiger partial charge on any atom is -0.391 e. The topological polar surface area (TPSA) is 84.1 Å². The molecule has 0 aliphatic carbocycles. The number of hydrogen-bond donors (Lipinski definition) is 1. The van der Waals surface area contributed by atoms with Crippen molar-refractivity contribution in [3.63, 3.8) is 0 Å². The summed E-state index contributed by atoms with van der Waals surface area (Å²) in [5.74, 6) is -0.0959. The third-order valence-electron chi connectivity index (χ3n) is 5.22. The van der Waals surface area contributed by atoms with Gasteiger partial charge in [0.25, 0.3) is 5.91 Å². The lowest BCUT2D eigenvalue weighted by molar-refractivity contribution is 0.0766. The molecule has 3 aromatic heterocycles. The zero-order valence-corrected chi connectivity index (χ0v) is 15.8. The number of fused-ring (bicyclic) bond motifs is 1. The number of β-amino-alcohol motifs (C(OH)–C–C–N with tert-alkyl or cyclic N) is 1. The summed E-state index contributed by atoms with van der Waals surface area (Å²) >= 11 is 0. The van der Waals surface area contributed by atoms with E-state index >= 15 is 0 Å². The number of aromatic nitrogens is 4. The van der Waals surface area contributed by atoms with Crippen LogP contribution in [0.4, 0.5) is 0 Å². The maximum atomic E-state index is 13.3. The number of hydrogen-bond acceptors (Lipinski definition) is 5. The molecule has 1 amide bonds. The Bertz CT molecular complexity index is 999. The molecule has 3 aromatic rings. The normalized spacial score (nSPS) is 19.8. The van der Waals surface area contributed by atoms with Crippen LogP contribution in [0.2, 0.25) is 0 Å². The summed E-state index contributed by atoms with van der Waals surface area (Å²) in [7, 11) is 1.83. The van der Waals surface area contributed by atoms with E-state index < -0.39 is 6.10 Å². The Morgan fingerprint density at radius 1 is 1.30 bits per heavy atom. The van der Waals surface area contributed by atoms with Crippen LogP contribution in [0.1, 0.15) is 27.4 Å². The molecule has 0 bridgehead atoms. The number of carbonyl (C=O) groups excluding carboxylic acids is 1. The van der Waals surface area contributed by atoms with E-state index in [0.29, 0.717) is 30.7 Å². The maximum absolute atomic E-state index is 13.3. The highest BCUT2D eigenvalue weighted by Crippen LogP contribution is 2.27. The van der Waals surface area contributed by atoms with Gasteiger partial charge in [-0.2, -0.15) is 5.10 Å². The van der Waals surface area contributed by atoms with Gasteiger partial charge in [-0.05, 0) is 38.5 Å². The molecule has 7 nitrogen and oxygen atoms in total. The first-order valence-corrected chi connectivity index (χ1v) is 9.12. The number of nitrogens with zero attached hydrogens (tertiary/aromatic N) is 5. The van der Waals surface area contributed by atoms with Crippen molar-refractivity contribution in [1.82, 2.24) is 24.6 Å². The number of pyridine rings is 2. The highest BCUT2D eigenvalue weighted by molar-refractivity contribution is 6.06. The summed E-state index contributed by atoms with van der Waals surface area (Å²) in [5.41, 5.74) is 3.81. The van der Waals surface area contributed by atoms with Crippen LogP contribution in [-0.2, 0) is 13.5 Å². The van der Waals surface area contributed by atoms with Crippen LogP contribution in [0.3, 0.4) is 0 Å². The molecule has 1 fully saturated rings. The molecular weight excluding hydrogens is 342 g/mol. The highest BCUT2D eigenvalue weighted by atomic mass is 16.3. The Hall–Kier alpha value is -2.80. The molecule has 0 spiro atoms. The number of aliphatic hydroxyl groups excluding tert-OH is 1. The highest BCUT2D eigenvalue weighted by Gasteiger charge is 2.35. The molecule has 4 rings (SSSR count). The second kappa shape index (κ2) is 6.74. The summed E-state index contributed by atoms with van der Waals surface area (Å²) in [6.45, 7) is 4.61. The second-order valence-corrected chi connectivity index (χ2v) is 7.28. The molecular formula is C20H23N5O2. The molecule has 1 aliphatic rings. The largest absolute Gasteiger partial charge is 0.391 e. The summed E-state index contributed by atoms with van der Waals surface area (Å²) in [6, 6.07) is 7.58. The van der Waals surface area contributed by atoms with E-state index in [1.54, 1.807) is 15.8 Å². The van der Waals surface area contributed by atoms with E-state index in [-0.39, 0.29) is 11.8 Å². The van der Waals surface area contributed by atoms with Gasteiger partial charge in [-0.15, -0.1) is 0 Å². The van der Waals surface area contributed by atoms with E-state index in [4.69, 9.17) is 0 Å². The number of amides is 1. The van der Waals surface area contributed by atoms with Crippen LogP contribution in [0.15, 0.2) is 30.5 Å². The second-order valence-electron chi connectivity index (χ2n) is 7.28. The van der Waals surface area contributed by atoms with Crippen LogP contribution in [0.25, 0.3) is 11.0 Å². The van der Waals surface area contributed by atoms with Crippen molar-refractivity contribution < 1.29 is 9.90 Å². The fourth-order valence-electron chi connectivity index (χ4n) is 3.92. The van der Waals surface area contributed by atoms with Gasteiger partial charge in [-0.25, -0.2) is 4.98 Å². The van der Waals surface area contributed by atoms with Gasteiger partial charge in [0.1, 0.15) is 0 Å². The Labute approximate surface area is 157 Å². The zero-order chi connectivity index (χ0) is 19.1. The van der Waals surface area contributed by atoms with E-state index in [1.807, 2.05) is 45.2 Å². The van der Waals surface area contributed by atoms with E-state index in [2.05, 4.69) is 15.1 Å². The number of aryl methyl sites for hydroxylation is 3. The number of likely N-dealkylation sites (tertiary alicyclic amines) is 1. The lowest BCUT2D eigenvalue weighted by atomic mass is 10.00. The van der Waals surface area contributed by atoms with Crippen LogP contribution in [0, 0.1) is 19.8 Å². The Morgan fingerprint density at radius 3 is 2.85 bits per heavy atom. The monoisotopic (exact) mass is 365 g/mol. The number of rotatable bonds is 3. The summed E-state index contributed by atoms with van der Waals surface area (Å²) in [4.78, 5) is 23.8. The third-order valence-corrected chi connectivity index (χ3v) is 5.22. The molecule has 140 valence electrons. The first-order chi connectivity index (χ1) is 12.9. The van der Waals surface area contributed by atoms with E-state index in [9.17, 15) is 9.90 Å². The van der Waals surface area contributed by atoms with Gasteiger partial charge in [0.2, 0.25) is 0 Å². The standard InChI is InChI=1S/C20H23N5O2/c1-12-8-16(18-13(2)23-24(3)19(18)22-12)20(27)25-10-14(17(26)11-25)9-15-6-4-5-7-21-15/h4-8,14,17,26H,9-11H2,1-3H3/t14-,17-/m1/s1. The van der Waals surface area contributed by atoms with Crippen LogP contribution in [-0.4, -0.2) is 54.9 Å². The predicted octanol–water partition coefficient (Wildman–Crippen LogP) is 1.66. The Morgan fingerprint density at radius 2 is 2.11 bits per heavy atom. The zero-order valence-electron chi connectivity index (χ0n) is 15.8. The van der Waals surface area contributed by atoms with E-state index in [1.165, 1.54) is 0 Å². The van der Waals surface area contributed by atoms with E-state index in [0.717, 1.165) is 22.5 Å². The SMILES string of the molecule is Cc1cc(C(=O)N2C[C@@H](Cc3ccccn3)[C@H](O)C2)c2c(C)nn(C)c2n1. The molecule has 1 N–H and O–H groups in total. The number of aliphatic hydroxyl groups is 1. The fraction of sp³-hybridized carbons (Fsp3) is 0.400. The molecule has 1 aliphatic heterocycles. The quantitative estimate of drug-likeness (QED) is 0.763. The van der Waals surface area contributed by atoms with Crippen molar-refractivity contribution in [1.29, 1.82) is 0 Å². The smallest absolute Gasteiger partial charge is 0.254 e. The van der Waals surface area contributed by atoms with Crippen molar-refractivity contribution in [2.75, 3.05) is 13.1 Å². The average Bonchev–Trinajstić information content (AvgIpc) is 3.14. The molecule has 7 heteroatoms. The Balaban J connectivity index is 1.61. The maximum Gasteiger partial charge on any atom is 0.254 e. The van der Waals surface area contributed by atoms with Gasteiger partial charge < -0.3 is 10.0 Å². The van der Waals surface area contributed by atoms with Crippen molar-refractivity contribution in [2.24, 2.45) is 13.0 Å². The van der Waals surface area contributed by atoms with Gasteiger partial charge in [-0.3, -0.25) is 14.5 Å². The van der Waals surface area contributed by atoms with Gasteiger partial charge in [0.15, 0.2) is 5.65 Å². The fourth-order valence-corrected chi connectivity index (χ4v) is 3.92. The van der Waals surface area contributed by atoms with Gasteiger partial charge in [0.05, 0.1) is 22.7 Å². The van der Waals surface area contributed by atoms with Crippen molar-refractivity contribution in [2.45, 2.75) is 26.4 Å². The molecule has 0 aromatic carbocycles. The molecule has 1 saturated heterocycles. The minimum atomic E-state index is -0.552. The summed E-state index contributed by atoms with van der Waals surface area (Å²) in [6.07, 6.45) is 1.85. The van der Waals surface area contributed by atoms with Crippen molar-refractivity contribution in [3.8, 4) is 0 Å². The first-order valence-electron chi connectivity index (χ1n) is 9.12. The average molecular weight is 365 g/mol. The molecule has 2 atom stereocenters. The molecule has 0 unspecified atom stereocenters.